The van der Waals surface area contributed by atoms with E-state index in [0.29, 0.717) is 17.9 Å². The molecule has 2 aromatic carbocycles. The minimum atomic E-state index is 0.449. The van der Waals surface area contributed by atoms with E-state index in [2.05, 4.69) is 41.9 Å². The van der Waals surface area contributed by atoms with E-state index in [0.717, 1.165) is 16.3 Å². The Hall–Kier alpha value is -1.61. The highest BCUT2D eigenvalue weighted by Gasteiger charge is 2.07. The molecule has 0 saturated carbocycles. The molecule has 0 aliphatic carbocycles. The van der Waals surface area contributed by atoms with Crippen molar-refractivity contribution in [1.82, 2.24) is 0 Å². The maximum Gasteiger partial charge on any atom is 0.153 e. The Morgan fingerprint density at radius 1 is 1.16 bits per heavy atom. The molecular weight excluding hydrogens is 304 g/mol. The molecule has 0 saturated heterocycles. The number of benzene rings is 2. The predicted molar refractivity (Wildman–Crippen MR) is 79.8 cm³/mol. The molecule has 0 radical (unpaired) electrons. The number of carbonyl (C=O) groups is 1. The van der Waals surface area contributed by atoms with Crippen LogP contribution < -0.4 is 4.74 Å². The first-order chi connectivity index (χ1) is 9.11. The van der Waals surface area contributed by atoms with Crippen LogP contribution in [0.3, 0.4) is 0 Å². The summed E-state index contributed by atoms with van der Waals surface area (Å²) in [5.41, 5.74) is 4.15. The molecule has 2 nitrogen and oxygen atoms in total. The largest absolute Gasteiger partial charge is 0.487 e. The Morgan fingerprint density at radius 2 is 1.95 bits per heavy atom. The molecule has 0 bridgehead atoms. The van der Waals surface area contributed by atoms with E-state index in [4.69, 9.17) is 4.74 Å². The van der Waals surface area contributed by atoms with Gasteiger partial charge < -0.3 is 4.74 Å². The van der Waals surface area contributed by atoms with Crippen molar-refractivity contribution in [3.05, 3.63) is 63.1 Å². The van der Waals surface area contributed by atoms with Gasteiger partial charge in [-0.15, -0.1) is 0 Å². The van der Waals surface area contributed by atoms with Gasteiger partial charge in [-0.3, -0.25) is 4.79 Å². The second kappa shape index (κ2) is 6.02. The number of hydrogen-bond donors (Lipinski definition) is 0. The van der Waals surface area contributed by atoms with Gasteiger partial charge in [-0.2, -0.15) is 0 Å². The number of ether oxygens (including phenoxy) is 1. The predicted octanol–water partition coefficient (Wildman–Crippen LogP) is 4.46. The smallest absolute Gasteiger partial charge is 0.153 e. The summed E-state index contributed by atoms with van der Waals surface area (Å²) in [5.74, 6) is 0.593. The van der Waals surface area contributed by atoms with E-state index in [9.17, 15) is 4.79 Å². The number of hydrogen-bond acceptors (Lipinski definition) is 2. The summed E-state index contributed by atoms with van der Waals surface area (Å²) in [7, 11) is 0. The summed E-state index contributed by atoms with van der Waals surface area (Å²) in [4.78, 5) is 11.0. The molecule has 0 unspecified atom stereocenters. The first kappa shape index (κ1) is 13.8. The fourth-order valence-electron chi connectivity index (χ4n) is 1.82. The molecule has 3 heteroatoms. The van der Waals surface area contributed by atoms with Crippen LogP contribution in [0.15, 0.2) is 40.9 Å². The number of aldehydes is 1. The molecule has 0 aromatic heterocycles. The lowest BCUT2D eigenvalue weighted by Gasteiger charge is -2.11. The summed E-state index contributed by atoms with van der Waals surface area (Å²) >= 11 is 3.40. The van der Waals surface area contributed by atoms with Crippen LogP contribution in [0.5, 0.6) is 5.75 Å². The Morgan fingerprint density at radius 3 is 2.63 bits per heavy atom. The van der Waals surface area contributed by atoms with E-state index < -0.39 is 0 Å². The maximum absolute atomic E-state index is 11.0. The van der Waals surface area contributed by atoms with Crippen LogP contribution in [0, 0.1) is 13.8 Å². The van der Waals surface area contributed by atoms with Gasteiger partial charge in [0.2, 0.25) is 0 Å². The van der Waals surface area contributed by atoms with Gasteiger partial charge in [0.05, 0.1) is 10.0 Å². The zero-order valence-corrected chi connectivity index (χ0v) is 12.5. The number of carbonyl (C=O) groups excluding carboxylic acids is 1. The normalized spacial score (nSPS) is 10.3. The topological polar surface area (TPSA) is 26.3 Å². The van der Waals surface area contributed by atoms with Gasteiger partial charge in [0, 0.05) is 0 Å². The number of para-hydroxylation sites is 1. The van der Waals surface area contributed by atoms with E-state index in [1.54, 1.807) is 6.07 Å². The van der Waals surface area contributed by atoms with Crippen molar-refractivity contribution in [2.24, 2.45) is 0 Å². The highest BCUT2D eigenvalue weighted by molar-refractivity contribution is 9.10. The van der Waals surface area contributed by atoms with Crippen molar-refractivity contribution in [3.8, 4) is 5.75 Å². The second-order valence-electron chi connectivity index (χ2n) is 4.48. The molecule has 0 spiro atoms. The van der Waals surface area contributed by atoms with E-state index in [-0.39, 0.29) is 0 Å². The SMILES string of the molecule is Cc1ccc(COc2c(Br)cccc2C=O)cc1C. The van der Waals surface area contributed by atoms with E-state index in [1.165, 1.54) is 11.1 Å². The monoisotopic (exact) mass is 318 g/mol. The third-order valence-corrected chi connectivity index (χ3v) is 3.70. The molecule has 2 aromatic rings. The third kappa shape index (κ3) is 3.24. The van der Waals surface area contributed by atoms with Crippen molar-refractivity contribution >= 4 is 22.2 Å². The Labute approximate surface area is 121 Å². The number of halogens is 1. The molecule has 0 aliphatic rings. The average molecular weight is 319 g/mol. The summed E-state index contributed by atoms with van der Waals surface area (Å²) in [6.07, 6.45) is 0.806. The molecule has 0 fully saturated rings. The van der Waals surface area contributed by atoms with Crippen molar-refractivity contribution in [3.63, 3.8) is 0 Å². The zero-order valence-electron chi connectivity index (χ0n) is 10.9. The highest BCUT2D eigenvalue weighted by Crippen LogP contribution is 2.28. The maximum atomic E-state index is 11.0. The van der Waals surface area contributed by atoms with Gasteiger partial charge in [-0.05, 0) is 58.6 Å². The third-order valence-electron chi connectivity index (χ3n) is 3.08. The number of aryl methyl sites for hydroxylation is 2. The standard InChI is InChI=1S/C16H15BrO2/c1-11-6-7-13(8-12(11)2)10-19-16-14(9-18)4-3-5-15(16)17/h3-9H,10H2,1-2H3. The Kier molecular flexibility index (Phi) is 4.38. The molecule has 0 atom stereocenters. The Balaban J connectivity index is 2.18. The van der Waals surface area contributed by atoms with E-state index in [1.807, 2.05) is 18.2 Å². The Bertz CT molecular complexity index is 606. The lowest BCUT2D eigenvalue weighted by Crippen LogP contribution is -1.99. The summed E-state index contributed by atoms with van der Waals surface area (Å²) in [6.45, 7) is 4.61. The molecule has 0 aliphatic heterocycles. The van der Waals surface area contributed by atoms with Crippen LogP contribution in [-0.2, 0) is 6.61 Å². The molecule has 0 N–H and O–H groups in total. The molecule has 0 heterocycles. The van der Waals surface area contributed by atoms with Crippen molar-refractivity contribution in [2.45, 2.75) is 20.5 Å². The zero-order chi connectivity index (χ0) is 13.8. The molecule has 2 rings (SSSR count). The first-order valence-electron chi connectivity index (χ1n) is 6.04. The van der Waals surface area contributed by atoms with Crippen molar-refractivity contribution in [2.75, 3.05) is 0 Å². The molecule has 19 heavy (non-hydrogen) atoms. The highest BCUT2D eigenvalue weighted by atomic mass is 79.9. The molecule has 98 valence electrons. The van der Waals surface area contributed by atoms with Gasteiger partial charge >= 0.3 is 0 Å². The molecular formula is C16H15BrO2. The van der Waals surface area contributed by atoms with Gasteiger partial charge in [0.25, 0.3) is 0 Å². The fraction of sp³-hybridized carbons (Fsp3) is 0.188. The van der Waals surface area contributed by atoms with Gasteiger partial charge in [0.1, 0.15) is 12.4 Å². The molecule has 0 amide bonds. The number of rotatable bonds is 4. The quantitative estimate of drug-likeness (QED) is 0.778. The summed E-state index contributed by atoms with van der Waals surface area (Å²) < 4.78 is 6.55. The van der Waals surface area contributed by atoms with E-state index >= 15 is 0 Å². The van der Waals surface area contributed by atoms with Gasteiger partial charge in [-0.1, -0.05) is 24.3 Å². The summed E-state index contributed by atoms with van der Waals surface area (Å²) in [5, 5.41) is 0. The second-order valence-corrected chi connectivity index (χ2v) is 5.34. The van der Waals surface area contributed by atoms with Crippen LogP contribution in [0.1, 0.15) is 27.0 Å². The van der Waals surface area contributed by atoms with Gasteiger partial charge in [-0.25, -0.2) is 0 Å². The lowest BCUT2D eigenvalue weighted by atomic mass is 10.1. The lowest BCUT2D eigenvalue weighted by molar-refractivity contribution is 0.111. The summed E-state index contributed by atoms with van der Waals surface area (Å²) in [6, 6.07) is 11.6. The van der Waals surface area contributed by atoms with Crippen LogP contribution in [0.2, 0.25) is 0 Å². The van der Waals surface area contributed by atoms with Gasteiger partial charge in [0.15, 0.2) is 6.29 Å². The van der Waals surface area contributed by atoms with Crippen LogP contribution in [-0.4, -0.2) is 6.29 Å². The minimum absolute atomic E-state index is 0.449. The van der Waals surface area contributed by atoms with Crippen molar-refractivity contribution in [1.29, 1.82) is 0 Å². The minimum Gasteiger partial charge on any atom is -0.487 e. The van der Waals surface area contributed by atoms with Crippen molar-refractivity contribution < 1.29 is 9.53 Å². The fourth-order valence-corrected chi connectivity index (χ4v) is 2.32. The average Bonchev–Trinajstić information content (AvgIpc) is 2.41. The van der Waals surface area contributed by atoms with Crippen LogP contribution in [0.4, 0.5) is 0 Å². The first-order valence-corrected chi connectivity index (χ1v) is 6.83. The van der Waals surface area contributed by atoms with Crippen LogP contribution in [0.25, 0.3) is 0 Å². The van der Waals surface area contributed by atoms with Crippen LogP contribution >= 0.6 is 15.9 Å².